The molecule has 0 bridgehead atoms. The van der Waals surface area contributed by atoms with Gasteiger partial charge in [-0.1, -0.05) is 15.9 Å². The second-order valence-electron chi connectivity index (χ2n) is 5.79. The quantitative estimate of drug-likeness (QED) is 0.440. The topological polar surface area (TPSA) is 65.7 Å². The molecule has 2 aromatic rings. The first kappa shape index (κ1) is 15.1. The van der Waals surface area contributed by atoms with Crippen LogP contribution in [0.15, 0.2) is 33.5 Å². The number of fused-ring (bicyclic) bond motifs is 3. The van der Waals surface area contributed by atoms with Crippen LogP contribution in [0.25, 0.3) is 11.0 Å². The summed E-state index contributed by atoms with van der Waals surface area (Å²) in [4.78, 5) is 22.8. The van der Waals surface area contributed by atoms with E-state index in [9.17, 15) is 9.59 Å². The fourth-order valence-corrected chi connectivity index (χ4v) is 3.11. The van der Waals surface area contributed by atoms with Crippen molar-refractivity contribution in [2.45, 2.75) is 37.3 Å². The number of alkyl halides is 1. The lowest BCUT2D eigenvalue weighted by molar-refractivity contribution is -0.149. The van der Waals surface area contributed by atoms with Crippen LogP contribution in [0.1, 0.15) is 32.4 Å². The molecule has 0 fully saturated rings. The molecule has 3 rings (SSSR count). The van der Waals surface area contributed by atoms with Crippen LogP contribution >= 0.6 is 15.9 Å². The lowest BCUT2D eigenvalue weighted by Crippen LogP contribution is -2.46. The van der Waals surface area contributed by atoms with Crippen molar-refractivity contribution in [3.63, 3.8) is 0 Å². The highest BCUT2D eigenvalue weighted by molar-refractivity contribution is 9.09. The molecule has 0 amide bonds. The average molecular weight is 367 g/mol. The van der Waals surface area contributed by atoms with Gasteiger partial charge in [-0.3, -0.25) is 4.79 Å². The second kappa shape index (κ2) is 5.12. The van der Waals surface area contributed by atoms with Crippen molar-refractivity contribution in [1.82, 2.24) is 0 Å². The Morgan fingerprint density at radius 2 is 1.95 bits per heavy atom. The molecule has 0 N–H and O–H groups in total. The fraction of sp³-hybridized carbons (Fsp3) is 0.375. The number of halogens is 1. The summed E-state index contributed by atoms with van der Waals surface area (Å²) in [5.74, 6) is 0.141. The summed E-state index contributed by atoms with van der Waals surface area (Å²) in [5.41, 5.74) is -0.0863. The van der Waals surface area contributed by atoms with Crippen molar-refractivity contribution in [3.8, 4) is 5.75 Å². The van der Waals surface area contributed by atoms with Crippen LogP contribution in [0.2, 0.25) is 0 Å². The Bertz CT molecular complexity index is 808. The predicted molar refractivity (Wildman–Crippen MR) is 84.4 cm³/mol. The van der Waals surface area contributed by atoms with E-state index < -0.39 is 23.3 Å². The molecule has 0 radical (unpaired) electrons. The Balaban J connectivity index is 2.30. The van der Waals surface area contributed by atoms with Crippen molar-refractivity contribution in [2.24, 2.45) is 0 Å². The molecule has 0 aliphatic carbocycles. The largest absolute Gasteiger partial charge is 0.486 e. The first-order chi connectivity index (χ1) is 10.3. The maximum absolute atomic E-state index is 11.6. The number of rotatable bonds is 1. The van der Waals surface area contributed by atoms with Crippen molar-refractivity contribution < 1.29 is 18.7 Å². The summed E-state index contributed by atoms with van der Waals surface area (Å²) in [7, 11) is 0. The highest BCUT2D eigenvalue weighted by Gasteiger charge is 2.45. The van der Waals surface area contributed by atoms with Gasteiger partial charge in [-0.15, -0.1) is 0 Å². The molecule has 116 valence electrons. The molecule has 22 heavy (non-hydrogen) atoms. The number of carbonyl (C=O) groups excluding carboxylic acids is 1. The van der Waals surface area contributed by atoms with Gasteiger partial charge in [0.15, 0.2) is 6.10 Å². The molecule has 5 nitrogen and oxygen atoms in total. The molecule has 0 saturated heterocycles. The minimum atomic E-state index is -0.606. The standard InChI is InChI=1S/C16H15BrO5/c1-8(18)20-14-12-10(22-16(2,3)15(14)17)6-4-9-5-7-11(19)21-13(9)12/h4-7,14-15H,1-3H3/t14-,15+/m0/s1. The smallest absolute Gasteiger partial charge is 0.336 e. The molecule has 2 heterocycles. The van der Waals surface area contributed by atoms with Gasteiger partial charge in [-0.25, -0.2) is 4.79 Å². The van der Waals surface area contributed by atoms with E-state index in [-0.39, 0.29) is 4.83 Å². The van der Waals surface area contributed by atoms with Crippen LogP contribution in [0.3, 0.4) is 0 Å². The number of esters is 1. The summed E-state index contributed by atoms with van der Waals surface area (Å²) in [6.07, 6.45) is -0.606. The number of hydrogen-bond acceptors (Lipinski definition) is 5. The maximum atomic E-state index is 11.6. The minimum absolute atomic E-state index is 0.285. The third kappa shape index (κ3) is 2.41. The van der Waals surface area contributed by atoms with Crippen LogP contribution in [-0.2, 0) is 9.53 Å². The highest BCUT2D eigenvalue weighted by Crippen LogP contribution is 2.47. The van der Waals surface area contributed by atoms with Crippen LogP contribution in [0.4, 0.5) is 0 Å². The summed E-state index contributed by atoms with van der Waals surface area (Å²) in [6.45, 7) is 5.15. The number of carbonyl (C=O) groups is 1. The van der Waals surface area contributed by atoms with Crippen LogP contribution in [0, 0.1) is 0 Å². The maximum Gasteiger partial charge on any atom is 0.336 e. The van der Waals surface area contributed by atoms with Gasteiger partial charge in [-0.05, 0) is 32.0 Å². The normalized spacial score (nSPS) is 22.7. The molecule has 0 unspecified atom stereocenters. The Morgan fingerprint density at radius 3 is 2.64 bits per heavy atom. The summed E-state index contributed by atoms with van der Waals surface area (Å²) >= 11 is 3.56. The molecule has 1 aromatic carbocycles. The van der Waals surface area contributed by atoms with Gasteiger partial charge < -0.3 is 13.9 Å². The van der Waals surface area contributed by atoms with Gasteiger partial charge in [0.2, 0.25) is 0 Å². The zero-order valence-electron chi connectivity index (χ0n) is 12.4. The van der Waals surface area contributed by atoms with E-state index in [2.05, 4.69) is 15.9 Å². The van der Waals surface area contributed by atoms with Crippen LogP contribution in [-0.4, -0.2) is 16.4 Å². The molecule has 1 aliphatic heterocycles. The van der Waals surface area contributed by atoms with E-state index in [0.29, 0.717) is 16.9 Å². The van der Waals surface area contributed by atoms with Gasteiger partial charge >= 0.3 is 11.6 Å². The lowest BCUT2D eigenvalue weighted by Gasteiger charge is -2.41. The van der Waals surface area contributed by atoms with Gasteiger partial charge in [0, 0.05) is 18.4 Å². The third-order valence-electron chi connectivity index (χ3n) is 3.67. The Morgan fingerprint density at radius 1 is 1.27 bits per heavy atom. The fourth-order valence-electron chi connectivity index (χ4n) is 2.64. The first-order valence-electron chi connectivity index (χ1n) is 6.86. The Kier molecular flexibility index (Phi) is 3.51. The zero-order valence-corrected chi connectivity index (χ0v) is 14.0. The summed E-state index contributed by atoms with van der Waals surface area (Å²) in [6, 6.07) is 6.64. The molecule has 6 heteroatoms. The molecular weight excluding hydrogens is 352 g/mol. The van der Waals surface area contributed by atoms with Gasteiger partial charge in [0.1, 0.15) is 16.9 Å². The zero-order chi connectivity index (χ0) is 16.1. The molecular formula is C16H15BrO5. The first-order valence-corrected chi connectivity index (χ1v) is 7.78. The second-order valence-corrected chi connectivity index (χ2v) is 6.77. The van der Waals surface area contributed by atoms with Crippen molar-refractivity contribution in [2.75, 3.05) is 0 Å². The van der Waals surface area contributed by atoms with E-state index >= 15 is 0 Å². The SMILES string of the molecule is CC(=O)O[C@H]1c2c(ccc3ccc(=O)oc23)OC(C)(C)[C@@H]1Br. The third-order valence-corrected chi connectivity index (χ3v) is 5.25. The molecule has 0 saturated carbocycles. The summed E-state index contributed by atoms with van der Waals surface area (Å²) in [5, 5.41) is 0.749. The predicted octanol–water partition coefficient (Wildman–Crippen LogP) is 3.33. The summed E-state index contributed by atoms with van der Waals surface area (Å²) < 4.78 is 16.8. The monoisotopic (exact) mass is 366 g/mol. The molecule has 1 aliphatic rings. The van der Waals surface area contributed by atoms with Crippen molar-refractivity contribution >= 4 is 32.9 Å². The van der Waals surface area contributed by atoms with Crippen LogP contribution < -0.4 is 10.4 Å². The molecule has 1 aromatic heterocycles. The van der Waals surface area contributed by atoms with E-state index in [1.807, 2.05) is 19.9 Å². The van der Waals surface area contributed by atoms with Crippen molar-refractivity contribution in [1.29, 1.82) is 0 Å². The van der Waals surface area contributed by atoms with Gasteiger partial charge in [0.25, 0.3) is 0 Å². The Labute approximate surface area is 135 Å². The van der Waals surface area contributed by atoms with E-state index in [4.69, 9.17) is 13.9 Å². The minimum Gasteiger partial charge on any atom is -0.486 e. The number of benzene rings is 1. The number of ether oxygens (including phenoxy) is 2. The lowest BCUT2D eigenvalue weighted by atomic mass is 9.90. The van der Waals surface area contributed by atoms with Crippen molar-refractivity contribution in [3.05, 3.63) is 40.2 Å². The van der Waals surface area contributed by atoms with Gasteiger partial charge in [0.05, 0.1) is 10.4 Å². The number of hydrogen-bond donors (Lipinski definition) is 0. The van der Waals surface area contributed by atoms with E-state index in [1.54, 1.807) is 12.1 Å². The Hall–Kier alpha value is -1.82. The van der Waals surface area contributed by atoms with E-state index in [1.165, 1.54) is 13.0 Å². The van der Waals surface area contributed by atoms with E-state index in [0.717, 1.165) is 5.39 Å². The highest BCUT2D eigenvalue weighted by atomic mass is 79.9. The molecule has 2 atom stereocenters. The van der Waals surface area contributed by atoms with Crippen LogP contribution in [0.5, 0.6) is 5.75 Å². The average Bonchev–Trinajstić information content (AvgIpc) is 2.42. The molecule has 0 spiro atoms. The van der Waals surface area contributed by atoms with Gasteiger partial charge in [-0.2, -0.15) is 0 Å².